The van der Waals surface area contributed by atoms with Crippen molar-refractivity contribution in [3.63, 3.8) is 0 Å². The van der Waals surface area contributed by atoms with E-state index < -0.39 is 5.91 Å². The standard InChI is InChI=1S/C13H16N4O2/c1-17(2)11(18)9-16-13(19)12-10(5-3-7-14)6-4-8-15-12/h4,6,8H,7,9,14H2,1-2H3,(H,16,19). The van der Waals surface area contributed by atoms with E-state index in [1.165, 1.54) is 11.1 Å². The minimum Gasteiger partial charge on any atom is -0.347 e. The molecule has 0 fully saturated rings. The van der Waals surface area contributed by atoms with Crippen LogP contribution in [-0.4, -0.2) is 48.9 Å². The Balaban J connectivity index is 2.80. The molecule has 0 saturated carbocycles. The summed E-state index contributed by atoms with van der Waals surface area (Å²) in [4.78, 5) is 28.7. The van der Waals surface area contributed by atoms with Gasteiger partial charge in [-0.1, -0.05) is 11.8 Å². The van der Waals surface area contributed by atoms with Gasteiger partial charge >= 0.3 is 0 Å². The van der Waals surface area contributed by atoms with Crippen LogP contribution in [0.15, 0.2) is 18.3 Å². The van der Waals surface area contributed by atoms with E-state index in [9.17, 15) is 9.59 Å². The van der Waals surface area contributed by atoms with Crippen molar-refractivity contribution < 1.29 is 9.59 Å². The maximum absolute atomic E-state index is 11.9. The molecule has 19 heavy (non-hydrogen) atoms. The average molecular weight is 260 g/mol. The zero-order valence-corrected chi connectivity index (χ0v) is 10.9. The van der Waals surface area contributed by atoms with Crippen molar-refractivity contribution in [1.29, 1.82) is 0 Å². The summed E-state index contributed by atoms with van der Waals surface area (Å²) >= 11 is 0. The number of pyridine rings is 1. The molecule has 1 heterocycles. The van der Waals surface area contributed by atoms with Gasteiger partial charge < -0.3 is 16.0 Å². The van der Waals surface area contributed by atoms with Crippen molar-refractivity contribution in [2.24, 2.45) is 5.73 Å². The van der Waals surface area contributed by atoms with Crippen LogP contribution in [0.2, 0.25) is 0 Å². The first kappa shape index (κ1) is 14.7. The molecule has 0 spiro atoms. The number of nitrogens with two attached hydrogens (primary N) is 1. The van der Waals surface area contributed by atoms with Crippen LogP contribution in [0.5, 0.6) is 0 Å². The fourth-order valence-corrected chi connectivity index (χ4v) is 1.23. The van der Waals surface area contributed by atoms with E-state index in [1.54, 1.807) is 26.2 Å². The van der Waals surface area contributed by atoms with Crippen LogP contribution in [-0.2, 0) is 4.79 Å². The molecular weight excluding hydrogens is 244 g/mol. The van der Waals surface area contributed by atoms with Crippen molar-refractivity contribution in [3.8, 4) is 11.8 Å². The Bertz CT molecular complexity index is 529. The topological polar surface area (TPSA) is 88.3 Å². The number of nitrogens with zero attached hydrogens (tertiary/aromatic N) is 2. The van der Waals surface area contributed by atoms with Crippen LogP contribution in [0.25, 0.3) is 0 Å². The van der Waals surface area contributed by atoms with Crippen LogP contribution >= 0.6 is 0 Å². The first-order valence-electron chi connectivity index (χ1n) is 5.68. The van der Waals surface area contributed by atoms with Gasteiger partial charge in [0.05, 0.1) is 18.7 Å². The van der Waals surface area contributed by atoms with Gasteiger partial charge in [0.2, 0.25) is 5.91 Å². The van der Waals surface area contributed by atoms with Crippen LogP contribution in [0, 0.1) is 11.8 Å². The predicted molar refractivity (Wildman–Crippen MR) is 71.2 cm³/mol. The normalized spacial score (nSPS) is 9.21. The van der Waals surface area contributed by atoms with E-state index in [4.69, 9.17) is 5.73 Å². The minimum absolute atomic E-state index is 0.0772. The van der Waals surface area contributed by atoms with Crippen LogP contribution < -0.4 is 11.1 Å². The fraction of sp³-hybridized carbons (Fsp3) is 0.308. The molecule has 0 aliphatic rings. The monoisotopic (exact) mass is 260 g/mol. The molecule has 0 aliphatic heterocycles. The molecule has 0 radical (unpaired) electrons. The smallest absolute Gasteiger partial charge is 0.271 e. The highest BCUT2D eigenvalue weighted by Gasteiger charge is 2.13. The van der Waals surface area contributed by atoms with E-state index in [-0.39, 0.29) is 24.7 Å². The first-order valence-corrected chi connectivity index (χ1v) is 5.68. The third kappa shape index (κ3) is 4.41. The summed E-state index contributed by atoms with van der Waals surface area (Å²) in [6.45, 7) is 0.126. The van der Waals surface area contributed by atoms with Gasteiger partial charge in [-0.3, -0.25) is 9.59 Å². The van der Waals surface area contributed by atoms with Crippen molar-refractivity contribution in [1.82, 2.24) is 15.2 Å². The number of hydrogen-bond donors (Lipinski definition) is 2. The number of nitrogens with one attached hydrogen (secondary N) is 1. The number of rotatable bonds is 3. The Morgan fingerprint density at radius 1 is 1.47 bits per heavy atom. The van der Waals surface area contributed by atoms with Gasteiger partial charge in [-0.2, -0.15) is 0 Å². The predicted octanol–water partition coefficient (Wildman–Crippen LogP) is -0.790. The van der Waals surface area contributed by atoms with Gasteiger partial charge in [0.15, 0.2) is 0 Å². The molecule has 6 nitrogen and oxygen atoms in total. The number of likely N-dealkylation sites (N-methyl/N-ethyl adjacent to an activating group) is 1. The van der Waals surface area contributed by atoms with Crippen molar-refractivity contribution >= 4 is 11.8 Å². The number of aromatic nitrogens is 1. The van der Waals surface area contributed by atoms with Gasteiger partial charge in [-0.25, -0.2) is 4.98 Å². The van der Waals surface area contributed by atoms with E-state index in [1.807, 2.05) is 0 Å². The molecule has 3 N–H and O–H groups in total. The highest BCUT2D eigenvalue weighted by Crippen LogP contribution is 2.03. The molecule has 1 aromatic rings. The van der Waals surface area contributed by atoms with Crippen molar-refractivity contribution in [3.05, 3.63) is 29.6 Å². The second-order valence-corrected chi connectivity index (χ2v) is 3.88. The summed E-state index contributed by atoms with van der Waals surface area (Å²) in [6.07, 6.45) is 1.50. The maximum Gasteiger partial charge on any atom is 0.271 e. The molecule has 0 saturated heterocycles. The molecule has 2 amide bonds. The van der Waals surface area contributed by atoms with Crippen molar-refractivity contribution in [2.45, 2.75) is 0 Å². The fourth-order valence-electron chi connectivity index (χ4n) is 1.23. The second-order valence-electron chi connectivity index (χ2n) is 3.88. The SMILES string of the molecule is CN(C)C(=O)CNC(=O)c1ncccc1C#CCN. The third-order valence-electron chi connectivity index (χ3n) is 2.25. The quantitative estimate of drug-likeness (QED) is 0.697. The summed E-state index contributed by atoms with van der Waals surface area (Å²) in [7, 11) is 3.24. The highest BCUT2D eigenvalue weighted by molar-refractivity contribution is 5.96. The largest absolute Gasteiger partial charge is 0.347 e. The molecule has 100 valence electrons. The first-order chi connectivity index (χ1) is 9.06. The second kappa shape index (κ2) is 7.13. The lowest BCUT2D eigenvalue weighted by atomic mass is 10.2. The molecule has 1 aromatic heterocycles. The van der Waals surface area contributed by atoms with Crippen molar-refractivity contribution in [2.75, 3.05) is 27.2 Å². The Kier molecular flexibility index (Phi) is 5.51. The van der Waals surface area contributed by atoms with Gasteiger partial charge in [-0.05, 0) is 12.1 Å². The van der Waals surface area contributed by atoms with Gasteiger partial charge in [0, 0.05) is 20.3 Å². The van der Waals surface area contributed by atoms with Crippen LogP contribution in [0.4, 0.5) is 0 Å². The van der Waals surface area contributed by atoms with E-state index in [0.717, 1.165) is 0 Å². The Morgan fingerprint density at radius 2 is 2.21 bits per heavy atom. The third-order valence-corrected chi connectivity index (χ3v) is 2.25. The molecular formula is C13H16N4O2. The zero-order valence-electron chi connectivity index (χ0n) is 10.9. The minimum atomic E-state index is -0.433. The Hall–Kier alpha value is -2.39. The van der Waals surface area contributed by atoms with Crippen LogP contribution in [0.1, 0.15) is 16.1 Å². The van der Waals surface area contributed by atoms with Gasteiger partial charge in [0.1, 0.15) is 5.69 Å². The zero-order chi connectivity index (χ0) is 14.3. The maximum atomic E-state index is 11.9. The molecule has 1 rings (SSSR count). The summed E-state index contributed by atoms with van der Waals surface area (Å²) < 4.78 is 0. The number of carbonyl (C=O) groups excluding carboxylic acids is 2. The van der Waals surface area contributed by atoms with E-state index in [0.29, 0.717) is 5.56 Å². The van der Waals surface area contributed by atoms with E-state index in [2.05, 4.69) is 22.1 Å². The summed E-state index contributed by atoms with van der Waals surface area (Å²) in [5.41, 5.74) is 5.97. The average Bonchev–Trinajstić information content (AvgIpc) is 2.42. The summed E-state index contributed by atoms with van der Waals surface area (Å²) in [6, 6.07) is 3.36. The molecule has 0 bridgehead atoms. The summed E-state index contributed by atoms with van der Waals surface area (Å²) in [5.74, 6) is 4.81. The number of amides is 2. The summed E-state index contributed by atoms with van der Waals surface area (Å²) in [5, 5.41) is 2.51. The van der Waals surface area contributed by atoms with Gasteiger partial charge in [0.25, 0.3) is 5.91 Å². The lowest BCUT2D eigenvalue weighted by molar-refractivity contribution is -0.127. The van der Waals surface area contributed by atoms with E-state index >= 15 is 0 Å². The van der Waals surface area contributed by atoms with Crippen LogP contribution in [0.3, 0.4) is 0 Å². The molecule has 0 unspecified atom stereocenters. The Labute approximate surface area is 112 Å². The van der Waals surface area contributed by atoms with Gasteiger partial charge in [-0.15, -0.1) is 0 Å². The number of hydrogen-bond acceptors (Lipinski definition) is 4. The lowest BCUT2D eigenvalue weighted by Crippen LogP contribution is -2.36. The molecule has 0 atom stereocenters. The number of carbonyl (C=O) groups is 2. The molecule has 0 aromatic carbocycles. The highest BCUT2D eigenvalue weighted by atomic mass is 16.2. The molecule has 0 aliphatic carbocycles. The lowest BCUT2D eigenvalue weighted by Gasteiger charge is -2.11. The Morgan fingerprint density at radius 3 is 2.84 bits per heavy atom. The molecule has 6 heteroatoms.